The van der Waals surface area contributed by atoms with Crippen LogP contribution in [0.5, 0.6) is 11.5 Å². The molecule has 1 aromatic heterocycles. The summed E-state index contributed by atoms with van der Waals surface area (Å²) in [5, 5.41) is 3.67. The zero-order valence-corrected chi connectivity index (χ0v) is 14.5. The van der Waals surface area contributed by atoms with Crippen LogP contribution in [0.4, 0.5) is 10.8 Å². The maximum absolute atomic E-state index is 12.4. The van der Waals surface area contributed by atoms with E-state index in [1.165, 1.54) is 25.6 Å². The maximum Gasteiger partial charge on any atom is 0.255 e. The van der Waals surface area contributed by atoms with E-state index in [0.717, 1.165) is 4.70 Å². The van der Waals surface area contributed by atoms with Crippen molar-refractivity contribution in [3.63, 3.8) is 0 Å². The monoisotopic (exact) mass is 363 g/mol. The third-order valence-corrected chi connectivity index (χ3v) is 4.49. The number of nitrogens with two attached hydrogens (primary N) is 1. The zero-order valence-electron chi connectivity index (χ0n) is 12.9. The molecule has 0 unspecified atom stereocenters. The van der Waals surface area contributed by atoms with Gasteiger partial charge in [0, 0.05) is 11.3 Å². The van der Waals surface area contributed by atoms with Gasteiger partial charge in [-0.15, -0.1) is 0 Å². The van der Waals surface area contributed by atoms with Gasteiger partial charge in [-0.2, -0.15) is 0 Å². The molecule has 0 fully saturated rings. The Bertz CT molecular complexity index is 926. The molecule has 3 N–H and O–H groups in total. The average Bonchev–Trinajstić information content (AvgIpc) is 2.95. The summed E-state index contributed by atoms with van der Waals surface area (Å²) in [7, 11) is 3.05. The second kappa shape index (κ2) is 6.54. The first-order valence-corrected chi connectivity index (χ1v) is 8.10. The number of thiazole rings is 1. The van der Waals surface area contributed by atoms with E-state index in [-0.39, 0.29) is 5.91 Å². The minimum Gasteiger partial charge on any atom is -0.493 e. The van der Waals surface area contributed by atoms with Crippen molar-refractivity contribution < 1.29 is 14.3 Å². The largest absolute Gasteiger partial charge is 0.493 e. The van der Waals surface area contributed by atoms with Gasteiger partial charge in [0.15, 0.2) is 16.6 Å². The summed E-state index contributed by atoms with van der Waals surface area (Å²) in [4.78, 5) is 16.6. The molecule has 124 valence electrons. The predicted octanol–water partition coefficient (Wildman–Crippen LogP) is 3.80. The Kier molecular flexibility index (Phi) is 4.46. The van der Waals surface area contributed by atoms with Gasteiger partial charge in [0.2, 0.25) is 0 Å². The number of hydrogen-bond acceptors (Lipinski definition) is 6. The van der Waals surface area contributed by atoms with Gasteiger partial charge in [0.25, 0.3) is 5.91 Å². The molecule has 0 aliphatic heterocycles. The number of anilines is 2. The molecule has 6 nitrogen and oxygen atoms in total. The van der Waals surface area contributed by atoms with Crippen LogP contribution in [-0.2, 0) is 0 Å². The van der Waals surface area contributed by atoms with Gasteiger partial charge in [-0.05, 0) is 30.3 Å². The number of carbonyl (C=O) groups is 1. The van der Waals surface area contributed by atoms with E-state index in [4.69, 9.17) is 26.8 Å². The minimum atomic E-state index is -0.288. The van der Waals surface area contributed by atoms with Crippen LogP contribution in [0.25, 0.3) is 10.2 Å². The van der Waals surface area contributed by atoms with Crippen molar-refractivity contribution in [2.45, 2.75) is 0 Å². The van der Waals surface area contributed by atoms with Crippen LogP contribution >= 0.6 is 22.9 Å². The summed E-state index contributed by atoms with van der Waals surface area (Å²) in [6, 6.07) is 8.36. The van der Waals surface area contributed by atoms with Crippen LogP contribution in [0, 0.1) is 0 Å². The summed E-state index contributed by atoms with van der Waals surface area (Å²) in [5.41, 5.74) is 7.33. The highest BCUT2D eigenvalue weighted by Gasteiger charge is 2.13. The number of aromatic nitrogens is 1. The number of fused-ring (bicyclic) bond motifs is 1. The lowest BCUT2D eigenvalue weighted by Crippen LogP contribution is -2.12. The molecule has 1 heterocycles. The Labute approximate surface area is 147 Å². The smallest absolute Gasteiger partial charge is 0.255 e. The van der Waals surface area contributed by atoms with E-state index in [1.807, 2.05) is 0 Å². The molecule has 0 saturated heterocycles. The Morgan fingerprint density at radius 1 is 1.21 bits per heavy atom. The Balaban J connectivity index is 1.89. The number of amides is 1. The molecule has 2 aromatic carbocycles. The van der Waals surface area contributed by atoms with Crippen LogP contribution < -0.4 is 20.5 Å². The van der Waals surface area contributed by atoms with E-state index in [9.17, 15) is 4.79 Å². The first-order valence-electron chi connectivity index (χ1n) is 6.90. The van der Waals surface area contributed by atoms with Gasteiger partial charge in [0.05, 0.1) is 23.9 Å². The van der Waals surface area contributed by atoms with E-state index < -0.39 is 0 Å². The molecular weight excluding hydrogens is 350 g/mol. The number of hydrogen-bond donors (Lipinski definition) is 2. The molecule has 0 atom stereocenters. The second-order valence-corrected chi connectivity index (χ2v) is 6.35. The quantitative estimate of drug-likeness (QED) is 0.736. The fourth-order valence-electron chi connectivity index (χ4n) is 2.26. The molecule has 0 aliphatic rings. The maximum atomic E-state index is 12.4. The van der Waals surface area contributed by atoms with E-state index in [2.05, 4.69) is 10.3 Å². The van der Waals surface area contributed by atoms with Crippen LogP contribution in [0.15, 0.2) is 30.3 Å². The zero-order chi connectivity index (χ0) is 17.3. The first kappa shape index (κ1) is 16.4. The lowest BCUT2D eigenvalue weighted by molar-refractivity contribution is 0.102. The summed E-state index contributed by atoms with van der Waals surface area (Å²) in [5.74, 6) is 0.747. The van der Waals surface area contributed by atoms with Crippen molar-refractivity contribution in [3.8, 4) is 11.5 Å². The van der Waals surface area contributed by atoms with Crippen LogP contribution in [-0.4, -0.2) is 25.1 Å². The molecule has 1 amide bonds. The number of methoxy groups -OCH3 is 2. The third-order valence-electron chi connectivity index (χ3n) is 3.37. The van der Waals surface area contributed by atoms with E-state index in [0.29, 0.717) is 38.4 Å². The number of nitrogens with zero attached hydrogens (tertiary/aromatic N) is 1. The topological polar surface area (TPSA) is 86.5 Å². The number of ether oxygens (including phenoxy) is 2. The molecule has 0 radical (unpaired) electrons. The Morgan fingerprint density at radius 2 is 1.96 bits per heavy atom. The molecule has 0 bridgehead atoms. The number of nitrogens with one attached hydrogen (secondary N) is 1. The van der Waals surface area contributed by atoms with Gasteiger partial charge < -0.3 is 20.5 Å². The molecule has 3 aromatic rings. The van der Waals surface area contributed by atoms with Crippen molar-refractivity contribution in [2.24, 2.45) is 0 Å². The Morgan fingerprint density at radius 3 is 2.67 bits per heavy atom. The van der Waals surface area contributed by atoms with Crippen molar-refractivity contribution in [2.75, 3.05) is 25.3 Å². The highest BCUT2D eigenvalue weighted by Crippen LogP contribution is 2.33. The fraction of sp³-hybridized carbons (Fsp3) is 0.125. The normalized spacial score (nSPS) is 10.6. The van der Waals surface area contributed by atoms with Gasteiger partial charge >= 0.3 is 0 Å². The molecule has 0 aliphatic carbocycles. The summed E-state index contributed by atoms with van der Waals surface area (Å²) in [6.07, 6.45) is 0. The fourth-order valence-corrected chi connectivity index (χ4v) is 3.38. The van der Waals surface area contributed by atoms with Crippen LogP contribution in [0.3, 0.4) is 0 Å². The highest BCUT2D eigenvalue weighted by atomic mass is 35.5. The van der Waals surface area contributed by atoms with E-state index in [1.54, 1.807) is 30.3 Å². The van der Waals surface area contributed by atoms with Crippen LogP contribution in [0.2, 0.25) is 5.02 Å². The van der Waals surface area contributed by atoms with E-state index >= 15 is 0 Å². The van der Waals surface area contributed by atoms with Crippen molar-refractivity contribution in [1.29, 1.82) is 0 Å². The third kappa shape index (κ3) is 3.08. The lowest BCUT2D eigenvalue weighted by atomic mass is 10.2. The molecule has 0 saturated carbocycles. The predicted molar refractivity (Wildman–Crippen MR) is 96.5 cm³/mol. The first-order chi connectivity index (χ1) is 11.5. The number of halogens is 1. The molecular formula is C16H14ClN3O3S. The lowest BCUT2D eigenvalue weighted by Gasteiger charge is -2.10. The van der Waals surface area contributed by atoms with Crippen molar-refractivity contribution in [1.82, 2.24) is 4.98 Å². The van der Waals surface area contributed by atoms with Crippen LogP contribution in [0.1, 0.15) is 10.4 Å². The molecule has 3 rings (SSSR count). The van der Waals surface area contributed by atoms with Gasteiger partial charge in [-0.1, -0.05) is 22.9 Å². The summed E-state index contributed by atoms with van der Waals surface area (Å²) < 4.78 is 11.2. The van der Waals surface area contributed by atoms with Crippen molar-refractivity contribution in [3.05, 3.63) is 40.9 Å². The highest BCUT2D eigenvalue weighted by molar-refractivity contribution is 7.22. The average molecular weight is 364 g/mol. The van der Waals surface area contributed by atoms with Crippen molar-refractivity contribution >= 4 is 49.9 Å². The Hall–Kier alpha value is -2.51. The number of carbonyl (C=O) groups excluding carboxylic acids is 1. The number of nitrogen functional groups attached to an aromatic ring is 1. The minimum absolute atomic E-state index is 0.288. The van der Waals surface area contributed by atoms with Gasteiger partial charge in [-0.25, -0.2) is 4.98 Å². The molecule has 24 heavy (non-hydrogen) atoms. The second-order valence-electron chi connectivity index (χ2n) is 4.88. The SMILES string of the molecule is COc1ccc(C(=O)Nc2cc(Cl)c3nc(N)sc3c2)cc1OC. The summed E-state index contributed by atoms with van der Waals surface area (Å²) in [6.45, 7) is 0. The number of benzene rings is 2. The summed E-state index contributed by atoms with van der Waals surface area (Å²) >= 11 is 7.50. The molecule has 8 heteroatoms. The van der Waals surface area contributed by atoms with Gasteiger partial charge in [0.1, 0.15) is 5.52 Å². The number of rotatable bonds is 4. The molecule has 0 spiro atoms. The standard InChI is InChI=1S/C16H14ClN3O3S/c1-22-11-4-3-8(5-12(11)23-2)15(21)19-9-6-10(17)14-13(7-9)24-16(18)20-14/h3-7H,1-2H3,(H2,18,20)(H,19,21). The van der Waals surface area contributed by atoms with Gasteiger partial charge in [-0.3, -0.25) is 4.79 Å².